The number of aromatic nitrogens is 3. The Morgan fingerprint density at radius 1 is 1.23 bits per heavy atom. The van der Waals surface area contributed by atoms with Crippen LogP contribution in [0, 0.1) is 0 Å². The first-order valence-corrected chi connectivity index (χ1v) is 7.32. The van der Waals surface area contributed by atoms with E-state index in [0.717, 1.165) is 16.1 Å². The van der Waals surface area contributed by atoms with Crippen molar-refractivity contribution in [3.63, 3.8) is 0 Å². The number of nitrogens with one attached hydrogen (secondary N) is 1. The summed E-state index contributed by atoms with van der Waals surface area (Å²) in [5.41, 5.74) is 1.87. The highest BCUT2D eigenvalue weighted by Gasteiger charge is 2.12. The largest absolute Gasteiger partial charge is 0.338 e. The Labute approximate surface area is 133 Å². The second kappa shape index (κ2) is 6.68. The van der Waals surface area contributed by atoms with Gasteiger partial charge in [-0.1, -0.05) is 35.0 Å². The molecule has 0 aliphatic rings. The molecule has 1 atom stereocenters. The third kappa shape index (κ3) is 3.32. The van der Waals surface area contributed by atoms with Gasteiger partial charge in [0.2, 0.25) is 11.7 Å². The first-order valence-electron chi connectivity index (χ1n) is 6.95. The predicted octanol–water partition coefficient (Wildman–Crippen LogP) is 3.64. The molecule has 0 bridgehead atoms. The Bertz CT molecular complexity index is 745. The van der Waals surface area contributed by atoms with Crippen molar-refractivity contribution in [1.29, 1.82) is 0 Å². The van der Waals surface area contributed by atoms with Crippen LogP contribution in [0.1, 0.15) is 24.4 Å². The normalized spacial score (nSPS) is 12.3. The fourth-order valence-electron chi connectivity index (χ4n) is 2.12. The van der Waals surface area contributed by atoms with E-state index in [2.05, 4.69) is 20.4 Å². The molecule has 3 rings (SSSR count). The molecule has 2 aromatic heterocycles. The van der Waals surface area contributed by atoms with E-state index in [1.807, 2.05) is 43.3 Å². The van der Waals surface area contributed by atoms with Crippen molar-refractivity contribution in [2.75, 3.05) is 0 Å². The van der Waals surface area contributed by atoms with Crippen LogP contribution >= 0.6 is 11.6 Å². The Morgan fingerprint density at radius 2 is 2.09 bits per heavy atom. The molecule has 1 aromatic carbocycles. The zero-order chi connectivity index (χ0) is 15.4. The zero-order valence-electron chi connectivity index (χ0n) is 12.0. The quantitative estimate of drug-likeness (QED) is 0.779. The minimum Gasteiger partial charge on any atom is -0.338 e. The summed E-state index contributed by atoms with van der Waals surface area (Å²) in [4.78, 5) is 8.40. The summed E-state index contributed by atoms with van der Waals surface area (Å²) in [6.07, 6.45) is 3.41. The molecule has 0 fully saturated rings. The van der Waals surface area contributed by atoms with Crippen LogP contribution in [-0.2, 0) is 6.54 Å². The second-order valence-electron chi connectivity index (χ2n) is 4.88. The molecule has 1 unspecified atom stereocenters. The summed E-state index contributed by atoms with van der Waals surface area (Å²) in [6, 6.07) is 11.6. The molecular weight excluding hydrogens is 300 g/mol. The molecule has 0 amide bonds. The smallest absolute Gasteiger partial charge is 0.240 e. The van der Waals surface area contributed by atoms with Crippen LogP contribution in [0.2, 0.25) is 5.02 Å². The number of halogens is 1. The minimum absolute atomic E-state index is 0.0856. The molecule has 0 saturated heterocycles. The molecular formula is C16H15ClN4O. The van der Waals surface area contributed by atoms with Gasteiger partial charge in [0, 0.05) is 29.0 Å². The van der Waals surface area contributed by atoms with Crippen LogP contribution < -0.4 is 5.32 Å². The van der Waals surface area contributed by atoms with Gasteiger partial charge in [0.25, 0.3) is 0 Å². The van der Waals surface area contributed by atoms with Crippen molar-refractivity contribution in [1.82, 2.24) is 20.4 Å². The van der Waals surface area contributed by atoms with E-state index in [-0.39, 0.29) is 6.04 Å². The number of benzene rings is 1. The summed E-state index contributed by atoms with van der Waals surface area (Å²) >= 11 is 6.19. The standard InChI is InChI=1S/C16H15ClN4O/c1-11(13-6-2-3-7-14(13)17)19-10-15-20-16(21-22-15)12-5-4-8-18-9-12/h2-9,11,19H,10H2,1H3. The highest BCUT2D eigenvalue weighted by molar-refractivity contribution is 6.31. The van der Waals surface area contributed by atoms with E-state index < -0.39 is 0 Å². The molecule has 112 valence electrons. The molecule has 0 aliphatic carbocycles. The van der Waals surface area contributed by atoms with Crippen LogP contribution in [0.15, 0.2) is 53.3 Å². The monoisotopic (exact) mass is 314 g/mol. The summed E-state index contributed by atoms with van der Waals surface area (Å²) in [5, 5.41) is 8.03. The molecule has 1 N–H and O–H groups in total. The van der Waals surface area contributed by atoms with Gasteiger partial charge in [-0.15, -0.1) is 0 Å². The van der Waals surface area contributed by atoms with Crippen molar-refractivity contribution in [3.05, 3.63) is 65.3 Å². The van der Waals surface area contributed by atoms with Crippen molar-refractivity contribution < 1.29 is 4.52 Å². The zero-order valence-corrected chi connectivity index (χ0v) is 12.8. The average molecular weight is 315 g/mol. The van der Waals surface area contributed by atoms with Crippen LogP contribution in [0.5, 0.6) is 0 Å². The van der Waals surface area contributed by atoms with Gasteiger partial charge in [0.05, 0.1) is 6.54 Å². The number of nitrogens with zero attached hydrogens (tertiary/aromatic N) is 3. The van der Waals surface area contributed by atoms with E-state index >= 15 is 0 Å². The first kappa shape index (κ1) is 14.7. The number of pyridine rings is 1. The van der Waals surface area contributed by atoms with E-state index in [4.69, 9.17) is 16.1 Å². The summed E-state index contributed by atoms with van der Waals surface area (Å²) in [7, 11) is 0. The molecule has 5 nitrogen and oxygen atoms in total. The lowest BCUT2D eigenvalue weighted by atomic mass is 10.1. The highest BCUT2D eigenvalue weighted by Crippen LogP contribution is 2.22. The van der Waals surface area contributed by atoms with E-state index in [9.17, 15) is 0 Å². The minimum atomic E-state index is 0.0856. The Hall–Kier alpha value is -2.24. The maximum absolute atomic E-state index is 6.19. The van der Waals surface area contributed by atoms with Gasteiger partial charge in [0.1, 0.15) is 0 Å². The molecule has 3 aromatic rings. The summed E-state index contributed by atoms with van der Waals surface area (Å²) in [5.74, 6) is 1.06. The average Bonchev–Trinajstić information content (AvgIpc) is 3.03. The Balaban J connectivity index is 1.65. The Kier molecular flexibility index (Phi) is 4.46. The number of hydrogen-bond donors (Lipinski definition) is 1. The van der Waals surface area contributed by atoms with Crippen molar-refractivity contribution >= 4 is 11.6 Å². The third-order valence-electron chi connectivity index (χ3n) is 3.32. The lowest BCUT2D eigenvalue weighted by Crippen LogP contribution is -2.18. The molecule has 0 saturated carbocycles. The maximum atomic E-state index is 6.19. The maximum Gasteiger partial charge on any atom is 0.240 e. The van der Waals surface area contributed by atoms with Gasteiger partial charge in [-0.25, -0.2) is 0 Å². The van der Waals surface area contributed by atoms with Gasteiger partial charge in [0.15, 0.2) is 0 Å². The number of hydrogen-bond acceptors (Lipinski definition) is 5. The molecule has 2 heterocycles. The summed E-state index contributed by atoms with van der Waals surface area (Å²) in [6.45, 7) is 2.51. The van der Waals surface area contributed by atoms with Crippen LogP contribution in [0.3, 0.4) is 0 Å². The highest BCUT2D eigenvalue weighted by atomic mass is 35.5. The number of rotatable bonds is 5. The van der Waals surface area contributed by atoms with Gasteiger partial charge >= 0.3 is 0 Å². The van der Waals surface area contributed by atoms with Crippen molar-refractivity contribution in [3.8, 4) is 11.4 Å². The van der Waals surface area contributed by atoms with Crippen molar-refractivity contribution in [2.24, 2.45) is 0 Å². The van der Waals surface area contributed by atoms with E-state index in [0.29, 0.717) is 18.3 Å². The molecule has 0 spiro atoms. The fourth-order valence-corrected chi connectivity index (χ4v) is 2.41. The van der Waals surface area contributed by atoms with Gasteiger partial charge in [-0.05, 0) is 30.7 Å². The Morgan fingerprint density at radius 3 is 2.86 bits per heavy atom. The molecule has 22 heavy (non-hydrogen) atoms. The van der Waals surface area contributed by atoms with E-state index in [1.165, 1.54) is 0 Å². The SMILES string of the molecule is CC(NCc1nc(-c2cccnc2)no1)c1ccccc1Cl. The predicted molar refractivity (Wildman–Crippen MR) is 84.2 cm³/mol. The van der Waals surface area contributed by atoms with Crippen LogP contribution in [0.25, 0.3) is 11.4 Å². The lowest BCUT2D eigenvalue weighted by Gasteiger charge is -2.13. The van der Waals surface area contributed by atoms with Gasteiger partial charge < -0.3 is 9.84 Å². The molecule has 0 radical (unpaired) electrons. The third-order valence-corrected chi connectivity index (χ3v) is 3.66. The second-order valence-corrected chi connectivity index (χ2v) is 5.28. The molecule has 0 aliphatic heterocycles. The summed E-state index contributed by atoms with van der Waals surface area (Å²) < 4.78 is 5.25. The van der Waals surface area contributed by atoms with E-state index in [1.54, 1.807) is 12.4 Å². The van der Waals surface area contributed by atoms with Crippen LogP contribution in [-0.4, -0.2) is 15.1 Å². The fraction of sp³-hybridized carbons (Fsp3) is 0.188. The van der Waals surface area contributed by atoms with Gasteiger partial charge in [-0.2, -0.15) is 4.98 Å². The van der Waals surface area contributed by atoms with Gasteiger partial charge in [-0.3, -0.25) is 4.98 Å². The lowest BCUT2D eigenvalue weighted by molar-refractivity contribution is 0.360. The topological polar surface area (TPSA) is 63.8 Å². The van der Waals surface area contributed by atoms with Crippen LogP contribution in [0.4, 0.5) is 0 Å². The first-order chi connectivity index (χ1) is 10.7. The van der Waals surface area contributed by atoms with Crippen molar-refractivity contribution in [2.45, 2.75) is 19.5 Å². The molecule has 6 heteroatoms.